The van der Waals surface area contributed by atoms with Crippen molar-refractivity contribution in [2.75, 3.05) is 0 Å². The Morgan fingerprint density at radius 1 is 1.57 bits per heavy atom. The first-order valence-corrected chi connectivity index (χ1v) is 1.72. The quantitative estimate of drug-likeness (QED) is 0.280. The van der Waals surface area contributed by atoms with Crippen LogP contribution >= 0.6 is 0 Å². The Morgan fingerprint density at radius 2 is 2.29 bits per heavy atom. The van der Waals surface area contributed by atoms with Crippen LogP contribution in [0.2, 0.25) is 0 Å². The fourth-order valence-corrected chi connectivity index (χ4v) is 0.340. The van der Waals surface area contributed by atoms with Crippen LogP contribution in [0.25, 0.3) is 0 Å². The third-order valence-corrected chi connectivity index (χ3v) is 0.586. The van der Waals surface area contributed by atoms with Crippen LogP contribution in [0, 0.1) is 6.08 Å². The van der Waals surface area contributed by atoms with Crippen molar-refractivity contribution in [2.24, 2.45) is 0 Å². The van der Waals surface area contributed by atoms with E-state index in [1.54, 1.807) is 0 Å². The van der Waals surface area contributed by atoms with Gasteiger partial charge in [0, 0.05) is 0 Å². The van der Waals surface area contributed by atoms with Crippen LogP contribution in [-0.2, 0) is 21.7 Å². The molecule has 0 fully saturated rings. The van der Waals surface area contributed by atoms with Crippen LogP contribution in [0.1, 0.15) is 12.1 Å². The second kappa shape index (κ2) is 6.79. The Hall–Kier alpha value is 0.792. The molecule has 0 bridgehead atoms. The van der Waals surface area contributed by atoms with E-state index < -0.39 is 0 Å². The van der Waals surface area contributed by atoms with Crippen molar-refractivity contribution in [1.29, 1.82) is 0 Å². The van der Waals surface area contributed by atoms with E-state index in [2.05, 4.69) is 12.2 Å². The zero-order chi connectivity index (χ0) is 3.54. The van der Waals surface area contributed by atoms with Gasteiger partial charge in [-0.2, -0.15) is 6.08 Å². The average Bonchev–Trinajstić information content (AvgIpc) is 1.76. The molecule has 0 spiro atoms. The summed E-state index contributed by atoms with van der Waals surface area (Å²) in [6, 6.07) is 0. The number of hydrogen-bond acceptors (Lipinski definition) is 0. The van der Waals surface area contributed by atoms with Crippen LogP contribution in [0.4, 0.5) is 0 Å². The van der Waals surface area contributed by atoms with Gasteiger partial charge < -0.3 is 5.71 Å². The van der Waals surface area contributed by atoms with E-state index in [4.69, 9.17) is 0 Å². The Labute approximate surface area is 77.1 Å². The third kappa shape index (κ3) is 4.65. The molecular formula is C5H9LiTi. The molecule has 34 valence electrons. The van der Waals surface area contributed by atoms with Gasteiger partial charge in [-0.3, -0.25) is 6.08 Å². The first kappa shape index (κ1) is 10.7. The standard InChI is InChI=1S/C5H5.Li.Ti.4H/c1-2-4-5-3-1;;;;;;/h1-3H,4H2;;;;;;/q-1;+1;+4;4*-1. The molecule has 0 saturated carbocycles. The van der Waals surface area contributed by atoms with E-state index in [1.807, 2.05) is 12.2 Å². The van der Waals surface area contributed by atoms with Gasteiger partial charge in [0.2, 0.25) is 0 Å². The molecule has 0 aromatic carbocycles. The Morgan fingerprint density at radius 3 is 2.43 bits per heavy atom. The second-order valence-corrected chi connectivity index (χ2v) is 1.00. The second-order valence-electron chi connectivity index (χ2n) is 1.00. The fourth-order valence-electron chi connectivity index (χ4n) is 0.340. The van der Waals surface area contributed by atoms with E-state index in [9.17, 15) is 0 Å². The van der Waals surface area contributed by atoms with Crippen molar-refractivity contribution in [3.05, 3.63) is 24.3 Å². The molecule has 0 radical (unpaired) electrons. The van der Waals surface area contributed by atoms with Gasteiger partial charge >= 0.3 is 40.6 Å². The van der Waals surface area contributed by atoms with Gasteiger partial charge in [-0.15, -0.1) is 6.42 Å². The molecule has 1 rings (SSSR count). The van der Waals surface area contributed by atoms with E-state index in [0.717, 1.165) is 6.42 Å². The summed E-state index contributed by atoms with van der Waals surface area (Å²) in [5.74, 6) is 0. The van der Waals surface area contributed by atoms with Gasteiger partial charge in [0.15, 0.2) is 0 Å². The summed E-state index contributed by atoms with van der Waals surface area (Å²) >= 11 is 0. The minimum atomic E-state index is 0. The van der Waals surface area contributed by atoms with E-state index >= 15 is 0 Å². The topological polar surface area (TPSA) is 0 Å². The summed E-state index contributed by atoms with van der Waals surface area (Å²) in [6.07, 6.45) is 10.0. The first-order valence-electron chi connectivity index (χ1n) is 1.72. The molecule has 2 heteroatoms. The molecule has 0 nitrogen and oxygen atoms in total. The van der Waals surface area contributed by atoms with Gasteiger partial charge in [0.1, 0.15) is 0 Å². The predicted molar refractivity (Wildman–Crippen MR) is 26.0 cm³/mol. The molecule has 7 heavy (non-hydrogen) atoms. The molecule has 1 aliphatic carbocycles. The van der Waals surface area contributed by atoms with E-state index in [-0.39, 0.29) is 46.3 Å². The normalized spacial score (nSPS) is 12.6. The molecule has 0 aromatic rings. The van der Waals surface area contributed by atoms with Gasteiger partial charge in [0.05, 0.1) is 0 Å². The monoisotopic (exact) mass is 124 g/mol. The summed E-state index contributed by atoms with van der Waals surface area (Å²) < 4.78 is 0. The van der Waals surface area contributed by atoms with E-state index in [0.29, 0.717) is 0 Å². The summed E-state index contributed by atoms with van der Waals surface area (Å²) in [7, 11) is 0. The molecule has 0 aromatic heterocycles. The third-order valence-electron chi connectivity index (χ3n) is 0.586. The molecular weight excluding hydrogens is 115 g/mol. The number of hydrogen-bond donors (Lipinski definition) is 0. The Kier molecular flexibility index (Phi) is 10.4. The van der Waals surface area contributed by atoms with Crippen molar-refractivity contribution in [3.8, 4) is 0 Å². The van der Waals surface area contributed by atoms with Crippen molar-refractivity contribution in [2.45, 2.75) is 6.42 Å². The predicted octanol–water partition coefficient (Wildman–Crippen LogP) is -1.24. The fraction of sp³-hybridized carbons (Fsp3) is 0.200. The molecule has 0 amide bonds. The molecule has 1 aliphatic rings. The van der Waals surface area contributed by atoms with Gasteiger partial charge in [-0.25, -0.2) is 12.2 Å². The van der Waals surface area contributed by atoms with Crippen LogP contribution in [0.5, 0.6) is 0 Å². The number of allylic oxidation sites excluding steroid dienone is 4. The maximum absolute atomic E-state index is 2.99. The SMILES string of the molecule is [C-]1=CC=CC1.[H-].[H-].[H-].[H-].[Li+].[Ti+4]. The van der Waals surface area contributed by atoms with Crippen molar-refractivity contribution in [3.63, 3.8) is 0 Å². The zero-order valence-corrected chi connectivity index (χ0v) is 6.00. The molecule has 0 heterocycles. The van der Waals surface area contributed by atoms with Crippen LogP contribution in [-0.4, -0.2) is 0 Å². The van der Waals surface area contributed by atoms with Gasteiger partial charge in [-0.1, -0.05) is 0 Å². The summed E-state index contributed by atoms with van der Waals surface area (Å²) in [5, 5.41) is 0. The minimum absolute atomic E-state index is 0. The minimum Gasteiger partial charge on any atom is -1.00 e. The molecule has 0 aliphatic heterocycles. The van der Waals surface area contributed by atoms with Crippen molar-refractivity contribution < 1.29 is 46.3 Å². The van der Waals surface area contributed by atoms with Gasteiger partial charge in [-0.05, 0) is 0 Å². The maximum Gasteiger partial charge on any atom is 4.00 e. The molecule has 0 unspecified atom stereocenters. The summed E-state index contributed by atoms with van der Waals surface area (Å²) in [6.45, 7) is 0. The number of rotatable bonds is 0. The smallest absolute Gasteiger partial charge is 1.00 e. The van der Waals surface area contributed by atoms with E-state index in [1.165, 1.54) is 0 Å². The molecule has 0 saturated heterocycles. The van der Waals surface area contributed by atoms with Crippen molar-refractivity contribution >= 4 is 0 Å². The van der Waals surface area contributed by atoms with Crippen LogP contribution in [0.15, 0.2) is 18.2 Å². The maximum atomic E-state index is 2.99. The zero-order valence-electron chi connectivity index (χ0n) is 8.44. The van der Waals surface area contributed by atoms with Crippen LogP contribution < -0.4 is 18.9 Å². The Balaban J connectivity index is -0.0000000104. The largest absolute Gasteiger partial charge is 4.00 e. The van der Waals surface area contributed by atoms with Crippen molar-refractivity contribution in [1.82, 2.24) is 0 Å². The van der Waals surface area contributed by atoms with Gasteiger partial charge in [0.25, 0.3) is 0 Å². The molecule has 0 N–H and O–H groups in total. The summed E-state index contributed by atoms with van der Waals surface area (Å²) in [5.41, 5.74) is 0. The average molecular weight is 124 g/mol. The van der Waals surface area contributed by atoms with Crippen LogP contribution in [0.3, 0.4) is 0 Å². The molecule has 0 atom stereocenters. The first-order chi connectivity index (χ1) is 2.50. The summed E-state index contributed by atoms with van der Waals surface area (Å²) in [4.78, 5) is 0. The Bertz CT molecular complexity index is 76.6.